The number of rotatable bonds is 4. The number of aryl methyl sites for hydroxylation is 1. The van der Waals surface area contributed by atoms with E-state index in [9.17, 15) is 4.79 Å². The second kappa shape index (κ2) is 6.01. The molecule has 0 bridgehead atoms. The summed E-state index contributed by atoms with van der Waals surface area (Å²) in [5.74, 6) is 5.34. The Bertz CT molecular complexity index is 600. The minimum absolute atomic E-state index is 0.287. The summed E-state index contributed by atoms with van der Waals surface area (Å²) in [6, 6.07) is 5.41. The molecule has 1 heterocycles. The van der Waals surface area contributed by atoms with Crippen molar-refractivity contribution >= 4 is 28.8 Å². The van der Waals surface area contributed by atoms with Crippen LogP contribution >= 0.6 is 22.9 Å². The number of nitrogens with two attached hydrogens (primary N) is 1. The monoisotopic (exact) mass is 297 g/mol. The molecule has 0 aliphatic heterocycles. The van der Waals surface area contributed by atoms with Crippen LogP contribution in [0.25, 0.3) is 0 Å². The number of thiazole rings is 1. The Morgan fingerprint density at radius 3 is 3.05 bits per heavy atom. The van der Waals surface area contributed by atoms with Crippen molar-refractivity contribution in [3.8, 4) is 5.75 Å². The van der Waals surface area contributed by atoms with Gasteiger partial charge in [0.1, 0.15) is 12.4 Å². The fraction of sp³-hybridized carbons (Fsp3) is 0.167. The zero-order valence-electron chi connectivity index (χ0n) is 10.1. The number of benzene rings is 1. The predicted octanol–water partition coefficient (Wildman–Crippen LogP) is 2.29. The zero-order valence-corrected chi connectivity index (χ0v) is 11.7. The SMILES string of the molecule is Cc1cc(OCc2csc(C(=O)NN)n2)ccc1Cl. The molecule has 0 aliphatic rings. The number of ether oxygens (including phenoxy) is 1. The van der Waals surface area contributed by atoms with Gasteiger partial charge < -0.3 is 4.74 Å². The Hall–Kier alpha value is -1.63. The van der Waals surface area contributed by atoms with Crippen LogP contribution in [-0.4, -0.2) is 10.9 Å². The number of hydrogen-bond acceptors (Lipinski definition) is 5. The van der Waals surface area contributed by atoms with Crippen molar-refractivity contribution in [1.82, 2.24) is 10.4 Å². The van der Waals surface area contributed by atoms with Gasteiger partial charge in [0.25, 0.3) is 5.91 Å². The molecular weight excluding hydrogens is 286 g/mol. The van der Waals surface area contributed by atoms with Gasteiger partial charge in [-0.25, -0.2) is 10.8 Å². The van der Waals surface area contributed by atoms with Gasteiger partial charge in [0, 0.05) is 10.4 Å². The summed E-state index contributed by atoms with van der Waals surface area (Å²) in [4.78, 5) is 15.4. The second-order valence-electron chi connectivity index (χ2n) is 3.82. The molecule has 1 amide bonds. The molecule has 5 nitrogen and oxygen atoms in total. The molecule has 3 N–H and O–H groups in total. The van der Waals surface area contributed by atoms with Gasteiger partial charge in [-0.05, 0) is 30.7 Å². The van der Waals surface area contributed by atoms with Crippen LogP contribution in [0, 0.1) is 6.92 Å². The first-order chi connectivity index (χ1) is 9.10. The van der Waals surface area contributed by atoms with E-state index >= 15 is 0 Å². The maximum atomic E-state index is 11.2. The van der Waals surface area contributed by atoms with Crippen LogP contribution in [-0.2, 0) is 6.61 Å². The van der Waals surface area contributed by atoms with Crippen molar-refractivity contribution < 1.29 is 9.53 Å². The molecule has 0 aliphatic carbocycles. The molecule has 0 unspecified atom stereocenters. The van der Waals surface area contributed by atoms with E-state index in [2.05, 4.69) is 4.98 Å². The normalized spacial score (nSPS) is 10.3. The number of hydrazine groups is 1. The van der Waals surface area contributed by atoms with E-state index in [1.807, 2.05) is 18.4 Å². The zero-order chi connectivity index (χ0) is 13.8. The third-order valence-corrected chi connectivity index (χ3v) is 3.71. The fourth-order valence-corrected chi connectivity index (χ4v) is 2.23. The summed E-state index contributed by atoms with van der Waals surface area (Å²) < 4.78 is 5.58. The smallest absolute Gasteiger partial charge is 0.294 e. The van der Waals surface area contributed by atoms with E-state index in [0.717, 1.165) is 5.56 Å². The Balaban J connectivity index is 2.00. The number of nitrogens with one attached hydrogen (secondary N) is 1. The first-order valence-electron chi connectivity index (χ1n) is 5.44. The van der Waals surface area contributed by atoms with Crippen LogP contribution in [0.15, 0.2) is 23.6 Å². The second-order valence-corrected chi connectivity index (χ2v) is 5.08. The Kier molecular flexibility index (Phi) is 4.36. The fourth-order valence-electron chi connectivity index (χ4n) is 1.40. The minimum atomic E-state index is -0.404. The van der Waals surface area contributed by atoms with E-state index in [-0.39, 0.29) is 6.61 Å². The van der Waals surface area contributed by atoms with Crippen LogP contribution in [0.1, 0.15) is 21.1 Å². The lowest BCUT2D eigenvalue weighted by atomic mass is 10.2. The topological polar surface area (TPSA) is 77.2 Å². The summed E-state index contributed by atoms with van der Waals surface area (Å²) in [6.07, 6.45) is 0. The van der Waals surface area contributed by atoms with Gasteiger partial charge in [-0.2, -0.15) is 0 Å². The average molecular weight is 298 g/mol. The molecule has 7 heteroatoms. The highest BCUT2D eigenvalue weighted by atomic mass is 35.5. The van der Waals surface area contributed by atoms with E-state index in [0.29, 0.717) is 21.5 Å². The lowest BCUT2D eigenvalue weighted by Gasteiger charge is -2.05. The third-order valence-electron chi connectivity index (χ3n) is 2.39. The van der Waals surface area contributed by atoms with Crippen LogP contribution < -0.4 is 16.0 Å². The molecule has 0 fully saturated rings. The Labute approximate surface area is 119 Å². The first-order valence-corrected chi connectivity index (χ1v) is 6.70. The van der Waals surface area contributed by atoms with E-state index in [1.54, 1.807) is 17.5 Å². The van der Waals surface area contributed by atoms with Crippen LogP contribution in [0.3, 0.4) is 0 Å². The number of nitrogen functional groups attached to an aromatic ring is 1. The van der Waals surface area contributed by atoms with Crippen molar-refractivity contribution in [1.29, 1.82) is 0 Å². The van der Waals surface area contributed by atoms with Crippen LogP contribution in [0.2, 0.25) is 5.02 Å². The van der Waals surface area contributed by atoms with E-state index in [1.165, 1.54) is 11.3 Å². The van der Waals surface area contributed by atoms with Gasteiger partial charge >= 0.3 is 0 Å². The molecule has 2 rings (SSSR count). The van der Waals surface area contributed by atoms with Gasteiger partial charge in [0.15, 0.2) is 5.01 Å². The number of nitrogens with zero attached hydrogens (tertiary/aromatic N) is 1. The van der Waals surface area contributed by atoms with Crippen LogP contribution in [0.4, 0.5) is 0 Å². The molecule has 0 saturated heterocycles. The largest absolute Gasteiger partial charge is 0.487 e. The highest BCUT2D eigenvalue weighted by Crippen LogP contribution is 2.22. The van der Waals surface area contributed by atoms with Crippen LogP contribution in [0.5, 0.6) is 5.75 Å². The first kappa shape index (κ1) is 13.8. The summed E-state index contributed by atoms with van der Waals surface area (Å²) in [5.41, 5.74) is 3.66. The average Bonchev–Trinajstić information content (AvgIpc) is 2.88. The van der Waals surface area contributed by atoms with Gasteiger partial charge in [0.2, 0.25) is 0 Å². The van der Waals surface area contributed by atoms with Crippen molar-refractivity contribution in [3.05, 3.63) is 44.9 Å². The van der Waals surface area contributed by atoms with Crippen molar-refractivity contribution in [2.45, 2.75) is 13.5 Å². The quantitative estimate of drug-likeness (QED) is 0.516. The molecule has 0 radical (unpaired) electrons. The number of amides is 1. The molecule has 0 atom stereocenters. The number of halogens is 1. The standard InChI is InChI=1S/C12H12ClN3O2S/c1-7-4-9(2-3-10(7)13)18-5-8-6-19-12(15-8)11(17)16-14/h2-4,6H,5,14H2,1H3,(H,16,17). The van der Waals surface area contributed by atoms with Gasteiger partial charge in [-0.15, -0.1) is 11.3 Å². The molecule has 0 spiro atoms. The molecular formula is C12H12ClN3O2S. The van der Waals surface area contributed by atoms with E-state index in [4.69, 9.17) is 22.2 Å². The predicted molar refractivity (Wildman–Crippen MR) is 74.3 cm³/mol. The number of aromatic nitrogens is 1. The lowest BCUT2D eigenvalue weighted by Crippen LogP contribution is -2.29. The summed E-state index contributed by atoms with van der Waals surface area (Å²) in [7, 11) is 0. The summed E-state index contributed by atoms with van der Waals surface area (Å²) >= 11 is 7.15. The highest BCUT2D eigenvalue weighted by molar-refractivity contribution is 7.11. The number of hydrogen-bond donors (Lipinski definition) is 2. The van der Waals surface area contributed by atoms with Crippen molar-refractivity contribution in [2.75, 3.05) is 0 Å². The minimum Gasteiger partial charge on any atom is -0.487 e. The summed E-state index contributed by atoms with van der Waals surface area (Å²) in [5, 5.41) is 2.77. The number of carbonyl (C=O) groups excluding carboxylic acids is 1. The maximum absolute atomic E-state index is 11.2. The molecule has 100 valence electrons. The van der Waals surface area contributed by atoms with Crippen molar-refractivity contribution in [3.63, 3.8) is 0 Å². The molecule has 2 aromatic rings. The summed E-state index contributed by atoms with van der Waals surface area (Å²) in [6.45, 7) is 2.19. The van der Waals surface area contributed by atoms with Gasteiger partial charge in [-0.1, -0.05) is 11.6 Å². The van der Waals surface area contributed by atoms with E-state index < -0.39 is 5.91 Å². The van der Waals surface area contributed by atoms with Crippen molar-refractivity contribution in [2.24, 2.45) is 5.84 Å². The molecule has 1 aromatic heterocycles. The Morgan fingerprint density at radius 1 is 1.58 bits per heavy atom. The van der Waals surface area contributed by atoms with Gasteiger partial charge in [0.05, 0.1) is 5.69 Å². The molecule has 19 heavy (non-hydrogen) atoms. The maximum Gasteiger partial charge on any atom is 0.294 e. The third kappa shape index (κ3) is 3.44. The number of carbonyl (C=O) groups is 1. The lowest BCUT2D eigenvalue weighted by molar-refractivity contribution is 0.0953. The molecule has 0 saturated carbocycles. The Morgan fingerprint density at radius 2 is 2.37 bits per heavy atom. The molecule has 1 aromatic carbocycles. The highest BCUT2D eigenvalue weighted by Gasteiger charge is 2.09. The van der Waals surface area contributed by atoms with Gasteiger partial charge in [-0.3, -0.25) is 10.2 Å².